The lowest BCUT2D eigenvalue weighted by Crippen LogP contribution is -2.40. The van der Waals surface area contributed by atoms with Gasteiger partial charge in [0.25, 0.3) is 0 Å². The fraction of sp³-hybridized carbons (Fsp3) is 0.314. The topological polar surface area (TPSA) is 110 Å². The van der Waals surface area contributed by atoms with Crippen LogP contribution in [-0.4, -0.2) is 55.6 Å². The van der Waals surface area contributed by atoms with Gasteiger partial charge in [-0.1, -0.05) is 61.5 Å². The standard InChI is InChI=1S/C35H37ClF2N3O7P/c1-23-31(38)32(48-34(23,22-36)21-29(37)49(43,46-4)47-5)41-20-19-30(39-33(41)42)40-35(24-9-7-6-8-10-24,25-11-15-27(44-2)16-12-25)26-13-17-28(45-3)18-14-26/h6-21,23,31-32H,22H2,1-5H3,(H,39,40,42)/b29-21+/t23-,31+,32+,34-/m0/s1. The van der Waals surface area contributed by atoms with Crippen molar-refractivity contribution in [2.45, 2.75) is 30.5 Å². The van der Waals surface area contributed by atoms with E-state index in [-0.39, 0.29) is 5.82 Å². The summed E-state index contributed by atoms with van der Waals surface area (Å²) in [5, 5.41) is 3.50. The van der Waals surface area contributed by atoms with Crippen LogP contribution in [0.25, 0.3) is 0 Å². The summed E-state index contributed by atoms with van der Waals surface area (Å²) < 4.78 is 70.9. The number of ether oxygens (including phenoxy) is 3. The fourth-order valence-electron chi connectivity index (χ4n) is 5.97. The molecule has 14 heteroatoms. The zero-order chi connectivity index (χ0) is 35.4. The van der Waals surface area contributed by atoms with Crippen molar-refractivity contribution in [2.24, 2.45) is 5.92 Å². The van der Waals surface area contributed by atoms with Gasteiger partial charge in [-0.05, 0) is 53.1 Å². The van der Waals surface area contributed by atoms with Crippen LogP contribution in [0.1, 0.15) is 29.8 Å². The molecule has 260 valence electrons. The number of rotatable bonds is 13. The molecule has 0 amide bonds. The van der Waals surface area contributed by atoms with Crippen LogP contribution in [0.4, 0.5) is 14.6 Å². The molecular weight excluding hydrogens is 679 g/mol. The highest BCUT2D eigenvalue weighted by Gasteiger charge is 2.54. The van der Waals surface area contributed by atoms with Crippen LogP contribution in [-0.2, 0) is 23.9 Å². The van der Waals surface area contributed by atoms with Crippen LogP contribution in [0.2, 0.25) is 0 Å². The number of benzene rings is 3. The molecule has 2 heterocycles. The summed E-state index contributed by atoms with van der Waals surface area (Å²) in [5.74, 6) is -0.000283. The number of hydrogen-bond donors (Lipinski definition) is 1. The Balaban J connectivity index is 1.59. The Morgan fingerprint density at radius 1 is 0.959 bits per heavy atom. The Hall–Kier alpha value is -4.06. The summed E-state index contributed by atoms with van der Waals surface area (Å²) >= 11 is 6.21. The molecule has 0 unspecified atom stereocenters. The van der Waals surface area contributed by atoms with E-state index in [9.17, 15) is 9.36 Å². The fourth-order valence-corrected chi connectivity index (χ4v) is 7.22. The Morgan fingerprint density at radius 2 is 1.49 bits per heavy atom. The minimum atomic E-state index is -4.31. The van der Waals surface area contributed by atoms with Crippen molar-refractivity contribution in [1.82, 2.24) is 9.55 Å². The highest BCUT2D eigenvalue weighted by molar-refractivity contribution is 7.58. The highest BCUT2D eigenvalue weighted by Crippen LogP contribution is 2.57. The van der Waals surface area contributed by atoms with Gasteiger partial charge >= 0.3 is 13.3 Å². The molecular formula is C35H37ClF2N3O7P. The van der Waals surface area contributed by atoms with Crippen molar-refractivity contribution in [1.29, 1.82) is 0 Å². The van der Waals surface area contributed by atoms with Gasteiger partial charge in [0.2, 0.25) is 5.57 Å². The van der Waals surface area contributed by atoms with Crippen molar-refractivity contribution in [3.05, 3.63) is 130 Å². The Morgan fingerprint density at radius 3 is 1.96 bits per heavy atom. The number of hydrogen-bond acceptors (Lipinski definition) is 9. The molecule has 10 nitrogen and oxygen atoms in total. The lowest BCUT2D eigenvalue weighted by atomic mass is 9.77. The molecule has 0 bridgehead atoms. The lowest BCUT2D eigenvalue weighted by molar-refractivity contribution is -0.0518. The van der Waals surface area contributed by atoms with Crippen LogP contribution >= 0.6 is 19.2 Å². The van der Waals surface area contributed by atoms with Crippen molar-refractivity contribution in [3.63, 3.8) is 0 Å². The van der Waals surface area contributed by atoms with Gasteiger partial charge in [-0.3, -0.25) is 9.13 Å². The summed E-state index contributed by atoms with van der Waals surface area (Å²) in [5.41, 5.74) is -2.57. The van der Waals surface area contributed by atoms with E-state index >= 15 is 8.78 Å². The summed E-state index contributed by atoms with van der Waals surface area (Å²) in [6.07, 6.45) is -1.21. The van der Waals surface area contributed by atoms with Crippen molar-refractivity contribution in [3.8, 4) is 11.5 Å². The second-order valence-electron chi connectivity index (χ2n) is 11.4. The average Bonchev–Trinajstić information content (AvgIpc) is 3.39. The number of nitrogens with one attached hydrogen (secondary N) is 1. The maximum absolute atomic E-state index is 15.9. The first-order chi connectivity index (χ1) is 23.5. The Kier molecular flexibility index (Phi) is 11.0. The summed E-state index contributed by atoms with van der Waals surface area (Å²) in [6, 6.07) is 26.1. The summed E-state index contributed by atoms with van der Waals surface area (Å²) in [4.78, 5) is 17.9. The highest BCUT2D eigenvalue weighted by atomic mass is 35.5. The SMILES string of the molecule is COc1ccc(C(Nc2ccn([C@@H]3O[C@@](/C=C(\F)P(=O)(OC)OC)(CCl)[C@@H](C)[C@H]3F)c(=O)n2)(c2ccccc2)c2ccc(OC)cc2)cc1. The molecule has 1 saturated heterocycles. The Labute approximate surface area is 288 Å². The van der Waals surface area contributed by atoms with Crippen LogP contribution < -0.4 is 20.5 Å². The molecule has 1 N–H and O–H groups in total. The molecule has 49 heavy (non-hydrogen) atoms. The van der Waals surface area contributed by atoms with Crippen molar-refractivity contribution >= 4 is 25.0 Å². The first-order valence-corrected chi connectivity index (χ1v) is 17.3. The molecule has 0 saturated carbocycles. The molecule has 1 fully saturated rings. The molecule has 1 aromatic heterocycles. The van der Waals surface area contributed by atoms with Gasteiger partial charge in [0.15, 0.2) is 12.4 Å². The van der Waals surface area contributed by atoms with Crippen molar-refractivity contribution in [2.75, 3.05) is 39.6 Å². The second-order valence-corrected chi connectivity index (χ2v) is 13.8. The molecule has 3 aromatic carbocycles. The van der Waals surface area contributed by atoms with Gasteiger partial charge in [0, 0.05) is 26.3 Å². The first kappa shape index (κ1) is 36.2. The van der Waals surface area contributed by atoms with E-state index in [2.05, 4.69) is 10.3 Å². The third-order valence-corrected chi connectivity index (χ3v) is 10.9. The van der Waals surface area contributed by atoms with Gasteiger partial charge in [-0.15, -0.1) is 11.6 Å². The van der Waals surface area contributed by atoms with E-state index in [4.69, 9.17) is 34.9 Å². The van der Waals surface area contributed by atoms with E-state index < -0.39 is 54.2 Å². The lowest BCUT2D eigenvalue weighted by Gasteiger charge is -2.37. The molecule has 1 aliphatic heterocycles. The van der Waals surface area contributed by atoms with E-state index in [0.717, 1.165) is 41.6 Å². The van der Waals surface area contributed by atoms with Crippen molar-refractivity contribution < 1.29 is 36.6 Å². The number of alkyl halides is 2. The van der Waals surface area contributed by atoms with E-state index in [1.54, 1.807) is 14.2 Å². The molecule has 4 atom stereocenters. The number of anilines is 1. The normalized spacial score (nSPS) is 21.4. The third-order valence-electron chi connectivity index (χ3n) is 8.85. The largest absolute Gasteiger partial charge is 0.497 e. The number of methoxy groups -OCH3 is 2. The van der Waals surface area contributed by atoms with Gasteiger partial charge in [0.1, 0.15) is 28.5 Å². The maximum Gasteiger partial charge on any atom is 0.388 e. The third kappa shape index (κ3) is 6.76. The van der Waals surface area contributed by atoms with Crippen LogP contribution in [0.15, 0.2) is 108 Å². The van der Waals surface area contributed by atoms with Crippen LogP contribution in [0.3, 0.4) is 0 Å². The van der Waals surface area contributed by atoms with E-state index in [1.807, 2.05) is 78.9 Å². The van der Waals surface area contributed by atoms with Gasteiger partial charge in [0.05, 0.1) is 20.1 Å². The van der Waals surface area contributed by atoms with E-state index in [1.165, 1.54) is 19.2 Å². The average molecular weight is 716 g/mol. The van der Waals surface area contributed by atoms with Crippen LogP contribution in [0.5, 0.6) is 11.5 Å². The zero-order valence-electron chi connectivity index (χ0n) is 27.5. The van der Waals surface area contributed by atoms with Gasteiger partial charge in [-0.2, -0.15) is 9.37 Å². The molecule has 5 rings (SSSR count). The molecule has 0 radical (unpaired) electrons. The second kappa shape index (κ2) is 14.8. The molecule has 0 spiro atoms. The molecule has 1 aliphatic rings. The molecule has 0 aliphatic carbocycles. The predicted octanol–water partition coefficient (Wildman–Crippen LogP) is 7.44. The Bertz CT molecular complexity index is 1820. The monoisotopic (exact) mass is 715 g/mol. The minimum absolute atomic E-state index is 0.175. The number of aromatic nitrogens is 2. The molecule has 4 aromatic rings. The quantitative estimate of drug-likeness (QED) is 0.0858. The zero-order valence-corrected chi connectivity index (χ0v) is 29.2. The summed E-state index contributed by atoms with van der Waals surface area (Å²) in [6.45, 7) is 1.45. The predicted molar refractivity (Wildman–Crippen MR) is 183 cm³/mol. The maximum atomic E-state index is 15.9. The summed E-state index contributed by atoms with van der Waals surface area (Å²) in [7, 11) is 0.884. The van der Waals surface area contributed by atoms with E-state index in [0.29, 0.717) is 11.5 Å². The van der Waals surface area contributed by atoms with Gasteiger partial charge in [-0.25, -0.2) is 9.18 Å². The first-order valence-electron chi connectivity index (χ1n) is 15.2. The minimum Gasteiger partial charge on any atom is -0.497 e. The van der Waals surface area contributed by atoms with Gasteiger partial charge < -0.3 is 28.6 Å². The number of halogens is 3. The van der Waals surface area contributed by atoms with Crippen LogP contribution in [0, 0.1) is 5.92 Å². The smallest absolute Gasteiger partial charge is 0.388 e. The number of nitrogens with zero attached hydrogens (tertiary/aromatic N) is 2.